The number of hydrogen-bond donors (Lipinski definition) is 1. The van der Waals surface area contributed by atoms with Crippen LogP contribution in [0.2, 0.25) is 0 Å². The maximum atomic E-state index is 12.4. The SMILES string of the molecule is CCOc1cccc2sc(N3CCN(CCNC(=O)c4cc([N+](=O)[O-])cc([N+](=O)[O-])c4)CC3)nc12. The minimum Gasteiger partial charge on any atom is -0.492 e. The molecule has 1 amide bonds. The first kappa shape index (κ1) is 24.3. The number of aromatic nitrogens is 1. The second kappa shape index (κ2) is 10.6. The summed E-state index contributed by atoms with van der Waals surface area (Å²) < 4.78 is 6.77. The van der Waals surface area contributed by atoms with E-state index in [0.717, 1.165) is 65.5 Å². The third-order valence-electron chi connectivity index (χ3n) is 5.61. The number of thiazole rings is 1. The Balaban J connectivity index is 1.30. The van der Waals surface area contributed by atoms with Crippen LogP contribution in [0, 0.1) is 20.2 Å². The first-order chi connectivity index (χ1) is 16.9. The summed E-state index contributed by atoms with van der Waals surface area (Å²) in [6, 6.07) is 8.83. The van der Waals surface area contributed by atoms with Crippen molar-refractivity contribution in [2.45, 2.75) is 6.92 Å². The Kier molecular flexibility index (Phi) is 7.36. The molecular formula is C22H24N6O6S. The zero-order valence-corrected chi connectivity index (χ0v) is 19.8. The van der Waals surface area contributed by atoms with Crippen LogP contribution in [0.3, 0.4) is 0 Å². The van der Waals surface area contributed by atoms with Gasteiger partial charge in [0, 0.05) is 51.4 Å². The Morgan fingerprint density at radius 3 is 2.43 bits per heavy atom. The van der Waals surface area contributed by atoms with Crippen LogP contribution in [-0.2, 0) is 0 Å². The number of nitrogens with one attached hydrogen (secondary N) is 1. The molecule has 0 radical (unpaired) electrons. The highest BCUT2D eigenvalue weighted by molar-refractivity contribution is 7.22. The number of rotatable bonds is 9. The number of ether oxygens (including phenoxy) is 1. The van der Waals surface area contributed by atoms with Gasteiger partial charge in [0.1, 0.15) is 11.3 Å². The number of anilines is 1. The minimum atomic E-state index is -0.758. The number of nitrogens with zero attached hydrogens (tertiary/aromatic N) is 5. The fraction of sp³-hybridized carbons (Fsp3) is 0.364. The molecule has 2 heterocycles. The van der Waals surface area contributed by atoms with Crippen LogP contribution < -0.4 is 15.0 Å². The van der Waals surface area contributed by atoms with Crippen molar-refractivity contribution in [3.05, 3.63) is 62.2 Å². The van der Waals surface area contributed by atoms with Crippen molar-refractivity contribution in [3.8, 4) is 5.75 Å². The maximum absolute atomic E-state index is 12.4. The summed E-state index contributed by atoms with van der Waals surface area (Å²) in [5.74, 6) is 0.200. The van der Waals surface area contributed by atoms with Crippen LogP contribution in [-0.4, -0.2) is 71.5 Å². The molecule has 0 spiro atoms. The summed E-state index contributed by atoms with van der Waals surface area (Å²) in [7, 11) is 0. The highest BCUT2D eigenvalue weighted by Crippen LogP contribution is 2.34. The molecule has 13 heteroatoms. The van der Waals surface area contributed by atoms with Gasteiger partial charge in [-0.2, -0.15) is 0 Å². The molecule has 0 aliphatic carbocycles. The molecule has 0 atom stereocenters. The van der Waals surface area contributed by atoms with Gasteiger partial charge in [-0.1, -0.05) is 17.4 Å². The Labute approximate surface area is 204 Å². The zero-order valence-electron chi connectivity index (χ0n) is 19.0. The van der Waals surface area contributed by atoms with E-state index in [1.807, 2.05) is 25.1 Å². The molecule has 0 unspecified atom stereocenters. The van der Waals surface area contributed by atoms with E-state index in [1.54, 1.807) is 11.3 Å². The summed E-state index contributed by atoms with van der Waals surface area (Å²) in [6.45, 7) is 6.57. The van der Waals surface area contributed by atoms with Gasteiger partial charge < -0.3 is 15.0 Å². The Bertz CT molecular complexity index is 1220. The molecular weight excluding hydrogens is 476 g/mol. The average molecular weight is 501 g/mol. The summed E-state index contributed by atoms with van der Waals surface area (Å²) in [6.07, 6.45) is 0. The molecule has 1 aromatic heterocycles. The summed E-state index contributed by atoms with van der Waals surface area (Å²) in [4.78, 5) is 42.2. The van der Waals surface area contributed by atoms with Crippen LogP contribution in [0.25, 0.3) is 10.2 Å². The van der Waals surface area contributed by atoms with Crippen molar-refractivity contribution in [3.63, 3.8) is 0 Å². The average Bonchev–Trinajstić information content (AvgIpc) is 3.29. The van der Waals surface area contributed by atoms with Gasteiger partial charge >= 0.3 is 0 Å². The first-order valence-electron chi connectivity index (χ1n) is 11.1. The van der Waals surface area contributed by atoms with Crippen LogP contribution in [0.4, 0.5) is 16.5 Å². The lowest BCUT2D eigenvalue weighted by molar-refractivity contribution is -0.394. The number of nitro benzene ring substituents is 2. The number of non-ortho nitro benzene ring substituents is 2. The van der Waals surface area contributed by atoms with Crippen LogP contribution in [0.1, 0.15) is 17.3 Å². The predicted molar refractivity (Wildman–Crippen MR) is 132 cm³/mol. The number of benzene rings is 2. The standard InChI is InChI=1S/C22H24N6O6S/c1-2-34-18-4-3-5-19-20(18)24-22(35-19)26-10-8-25(9-11-26)7-6-23-21(29)15-12-16(27(30)31)14-17(13-15)28(32)33/h3-5,12-14H,2,6-11H2,1H3,(H,23,29). The van der Waals surface area contributed by atoms with E-state index >= 15 is 0 Å². The summed E-state index contributed by atoms with van der Waals surface area (Å²) >= 11 is 1.63. The van der Waals surface area contributed by atoms with Gasteiger partial charge in [0.15, 0.2) is 5.13 Å². The Morgan fingerprint density at radius 1 is 1.11 bits per heavy atom. The van der Waals surface area contributed by atoms with E-state index in [0.29, 0.717) is 19.7 Å². The molecule has 1 N–H and O–H groups in total. The lowest BCUT2D eigenvalue weighted by Crippen LogP contribution is -2.48. The van der Waals surface area contributed by atoms with Crippen molar-refractivity contribution in [2.24, 2.45) is 0 Å². The number of nitro groups is 2. The van der Waals surface area contributed by atoms with Gasteiger partial charge in [0.2, 0.25) is 0 Å². The number of amides is 1. The molecule has 0 bridgehead atoms. The normalized spacial score (nSPS) is 14.1. The highest BCUT2D eigenvalue weighted by Gasteiger charge is 2.22. The number of para-hydroxylation sites is 1. The summed E-state index contributed by atoms with van der Waals surface area (Å²) in [5.41, 5.74) is -0.230. The van der Waals surface area contributed by atoms with E-state index in [1.165, 1.54) is 0 Å². The molecule has 3 aromatic rings. The number of fused-ring (bicyclic) bond motifs is 1. The lowest BCUT2D eigenvalue weighted by Gasteiger charge is -2.34. The second-order valence-electron chi connectivity index (χ2n) is 7.87. The topological polar surface area (TPSA) is 144 Å². The molecule has 12 nitrogen and oxygen atoms in total. The van der Waals surface area contributed by atoms with E-state index in [2.05, 4.69) is 15.1 Å². The van der Waals surface area contributed by atoms with Gasteiger partial charge in [-0.15, -0.1) is 0 Å². The molecule has 1 aliphatic rings. The molecule has 1 aliphatic heterocycles. The number of carbonyl (C=O) groups is 1. The molecule has 4 rings (SSSR count). The largest absolute Gasteiger partial charge is 0.492 e. The molecule has 2 aromatic carbocycles. The predicted octanol–water partition coefficient (Wildman–Crippen LogP) is 3.06. The highest BCUT2D eigenvalue weighted by atomic mass is 32.1. The second-order valence-corrected chi connectivity index (χ2v) is 8.88. The molecule has 184 valence electrons. The van der Waals surface area contributed by atoms with Crippen molar-refractivity contribution < 1.29 is 19.4 Å². The molecule has 0 saturated carbocycles. The van der Waals surface area contributed by atoms with E-state index in [-0.39, 0.29) is 5.56 Å². The third-order valence-corrected chi connectivity index (χ3v) is 6.69. The van der Waals surface area contributed by atoms with Gasteiger partial charge in [0.25, 0.3) is 17.3 Å². The Hall–Kier alpha value is -3.84. The van der Waals surface area contributed by atoms with Crippen LogP contribution in [0.15, 0.2) is 36.4 Å². The quantitative estimate of drug-likeness (QED) is 0.346. The fourth-order valence-electron chi connectivity index (χ4n) is 3.85. The van der Waals surface area contributed by atoms with Crippen LogP contribution in [0.5, 0.6) is 5.75 Å². The smallest absolute Gasteiger partial charge is 0.277 e. The monoisotopic (exact) mass is 500 g/mol. The van der Waals surface area contributed by atoms with Crippen molar-refractivity contribution in [1.82, 2.24) is 15.2 Å². The van der Waals surface area contributed by atoms with Crippen molar-refractivity contribution >= 4 is 44.0 Å². The van der Waals surface area contributed by atoms with Gasteiger partial charge in [-0.25, -0.2) is 4.98 Å². The maximum Gasteiger partial charge on any atom is 0.277 e. The van der Waals surface area contributed by atoms with Crippen molar-refractivity contribution in [2.75, 3.05) is 50.8 Å². The van der Waals surface area contributed by atoms with Crippen LogP contribution >= 0.6 is 11.3 Å². The van der Waals surface area contributed by atoms with Gasteiger partial charge in [-0.05, 0) is 19.1 Å². The third kappa shape index (κ3) is 5.63. The van der Waals surface area contributed by atoms with E-state index < -0.39 is 27.1 Å². The molecule has 35 heavy (non-hydrogen) atoms. The van der Waals surface area contributed by atoms with Gasteiger partial charge in [-0.3, -0.25) is 29.9 Å². The fourth-order valence-corrected chi connectivity index (χ4v) is 4.88. The zero-order chi connectivity index (χ0) is 24.9. The van der Waals surface area contributed by atoms with Crippen molar-refractivity contribution in [1.29, 1.82) is 0 Å². The van der Waals surface area contributed by atoms with E-state index in [4.69, 9.17) is 9.72 Å². The number of piperazine rings is 1. The lowest BCUT2D eigenvalue weighted by atomic mass is 10.1. The molecule has 1 saturated heterocycles. The number of hydrogen-bond acceptors (Lipinski definition) is 10. The summed E-state index contributed by atoms with van der Waals surface area (Å²) in [5, 5.41) is 25.7. The number of carbonyl (C=O) groups excluding carboxylic acids is 1. The minimum absolute atomic E-state index is 0.113. The first-order valence-corrected chi connectivity index (χ1v) is 11.9. The van der Waals surface area contributed by atoms with Gasteiger partial charge in [0.05, 0.1) is 32.8 Å². The Morgan fingerprint density at radius 2 is 1.80 bits per heavy atom. The van der Waals surface area contributed by atoms with E-state index in [9.17, 15) is 25.0 Å². The molecule has 1 fully saturated rings.